The molecule has 0 saturated heterocycles. The molecule has 7 heteroatoms. The number of sulfone groups is 1. The minimum atomic E-state index is -3.30. The van der Waals surface area contributed by atoms with Gasteiger partial charge in [-0.15, -0.1) is 0 Å². The molecular formula is C14H25N3O2S2. The number of hydrogen-bond donors (Lipinski definition) is 2. The van der Waals surface area contributed by atoms with Crippen molar-refractivity contribution in [3.05, 3.63) is 0 Å². The number of rotatable bonds is 9. The average Bonchev–Trinajstić information content (AvgIpc) is 3.22. The van der Waals surface area contributed by atoms with E-state index >= 15 is 0 Å². The van der Waals surface area contributed by atoms with Crippen molar-refractivity contribution in [2.75, 3.05) is 11.1 Å². The molecule has 3 N–H and O–H groups in total. The first-order chi connectivity index (χ1) is 10.0. The summed E-state index contributed by atoms with van der Waals surface area (Å²) in [6, 6.07) is 0.294. The Hall–Kier alpha value is -0.820. The van der Waals surface area contributed by atoms with Crippen LogP contribution in [-0.4, -0.2) is 24.1 Å². The van der Waals surface area contributed by atoms with Crippen molar-refractivity contribution < 1.29 is 8.42 Å². The first-order valence-corrected chi connectivity index (χ1v) is 10.1. The van der Waals surface area contributed by atoms with Crippen LogP contribution in [0.4, 0.5) is 10.8 Å². The average molecular weight is 332 g/mol. The van der Waals surface area contributed by atoms with E-state index in [1.807, 2.05) is 0 Å². The summed E-state index contributed by atoms with van der Waals surface area (Å²) < 4.78 is 29.1. The van der Waals surface area contributed by atoms with Crippen LogP contribution in [-0.2, 0) is 9.84 Å². The zero-order chi connectivity index (χ0) is 15.5. The largest absolute Gasteiger partial charge is 0.382 e. The highest BCUT2D eigenvalue weighted by Crippen LogP contribution is 2.41. The lowest BCUT2D eigenvalue weighted by atomic mass is 10.1. The van der Waals surface area contributed by atoms with Crippen LogP contribution in [0.1, 0.15) is 58.8 Å². The van der Waals surface area contributed by atoms with Crippen LogP contribution in [0.25, 0.3) is 0 Å². The molecule has 1 aromatic rings. The number of nitrogens with zero attached hydrogens (tertiary/aromatic N) is 1. The highest BCUT2D eigenvalue weighted by Gasteiger charge is 2.41. The molecule has 5 nitrogen and oxygen atoms in total. The molecule has 21 heavy (non-hydrogen) atoms. The maximum atomic E-state index is 12.5. The Morgan fingerprint density at radius 2 is 2.05 bits per heavy atom. The second-order valence-corrected chi connectivity index (χ2v) is 8.68. The molecule has 2 rings (SSSR count). The summed E-state index contributed by atoms with van der Waals surface area (Å²) in [4.78, 5) is 0.243. The van der Waals surface area contributed by atoms with Gasteiger partial charge in [-0.1, -0.05) is 33.1 Å². The molecule has 120 valence electrons. The van der Waals surface area contributed by atoms with Gasteiger partial charge < -0.3 is 11.1 Å². The van der Waals surface area contributed by atoms with Crippen LogP contribution in [0.2, 0.25) is 0 Å². The zero-order valence-corrected chi connectivity index (χ0v) is 14.4. The Morgan fingerprint density at radius 1 is 1.33 bits per heavy atom. The Kier molecular flexibility index (Phi) is 5.48. The van der Waals surface area contributed by atoms with Gasteiger partial charge in [0.15, 0.2) is 15.7 Å². The lowest BCUT2D eigenvalue weighted by Gasteiger charge is -2.18. The number of aromatic nitrogens is 1. The van der Waals surface area contributed by atoms with Crippen molar-refractivity contribution in [3.63, 3.8) is 0 Å². The van der Waals surface area contributed by atoms with Crippen molar-refractivity contribution in [2.24, 2.45) is 0 Å². The minimum absolute atomic E-state index is 0.153. The van der Waals surface area contributed by atoms with Gasteiger partial charge in [-0.3, -0.25) is 0 Å². The Morgan fingerprint density at radius 3 is 2.62 bits per heavy atom. The molecule has 0 bridgehead atoms. The summed E-state index contributed by atoms with van der Waals surface area (Å²) in [7, 11) is -3.30. The molecule has 0 radical (unpaired) electrons. The van der Waals surface area contributed by atoms with Gasteiger partial charge in [-0.05, 0) is 37.2 Å². The molecule has 1 fully saturated rings. The molecule has 1 atom stereocenters. The fourth-order valence-electron chi connectivity index (χ4n) is 2.48. The van der Waals surface area contributed by atoms with Crippen LogP contribution in [0.3, 0.4) is 0 Å². The van der Waals surface area contributed by atoms with Crippen LogP contribution in [0, 0.1) is 0 Å². The predicted molar refractivity (Wildman–Crippen MR) is 88.6 cm³/mol. The quantitative estimate of drug-likeness (QED) is 0.724. The van der Waals surface area contributed by atoms with Gasteiger partial charge in [-0.2, -0.15) is 4.37 Å². The van der Waals surface area contributed by atoms with Gasteiger partial charge in [-0.25, -0.2) is 8.42 Å². The molecular weight excluding hydrogens is 306 g/mol. The monoisotopic (exact) mass is 331 g/mol. The van der Waals surface area contributed by atoms with E-state index in [0.29, 0.717) is 11.0 Å². The fourth-order valence-corrected chi connectivity index (χ4v) is 5.43. The van der Waals surface area contributed by atoms with Crippen LogP contribution in [0.5, 0.6) is 0 Å². The lowest BCUT2D eigenvalue weighted by molar-refractivity contribution is 0.564. The van der Waals surface area contributed by atoms with Gasteiger partial charge in [0.2, 0.25) is 0 Å². The summed E-state index contributed by atoms with van der Waals surface area (Å²) in [5.74, 6) is 0.153. The predicted octanol–water partition coefficient (Wildman–Crippen LogP) is 3.43. The smallest absolute Gasteiger partial charge is 0.187 e. The summed E-state index contributed by atoms with van der Waals surface area (Å²) in [5.41, 5.74) is 5.82. The number of unbranched alkanes of at least 4 members (excludes halogenated alkanes) is 1. The highest BCUT2D eigenvalue weighted by molar-refractivity contribution is 7.92. The van der Waals surface area contributed by atoms with Gasteiger partial charge in [0.05, 0.1) is 5.25 Å². The maximum Gasteiger partial charge on any atom is 0.187 e. The molecule has 1 aliphatic carbocycles. The standard InChI is InChI=1S/C14H25N3O2S2/c1-3-5-7-10(6-4-2)16-14-12(13(15)17-20-14)21(18,19)11-8-9-11/h10-11,16H,3-9H2,1-2H3,(H2,15,17). The minimum Gasteiger partial charge on any atom is -0.382 e. The van der Waals surface area contributed by atoms with E-state index in [9.17, 15) is 8.42 Å². The maximum absolute atomic E-state index is 12.5. The van der Waals surface area contributed by atoms with E-state index in [2.05, 4.69) is 23.5 Å². The molecule has 0 aromatic carbocycles. The fraction of sp³-hybridized carbons (Fsp3) is 0.786. The van der Waals surface area contributed by atoms with Crippen LogP contribution in [0.15, 0.2) is 4.90 Å². The topological polar surface area (TPSA) is 85.1 Å². The number of nitrogen functional groups attached to an aromatic ring is 1. The number of nitrogens with one attached hydrogen (secondary N) is 1. The summed E-state index contributed by atoms with van der Waals surface area (Å²) in [6.45, 7) is 4.31. The first-order valence-electron chi connectivity index (χ1n) is 7.76. The van der Waals surface area contributed by atoms with Gasteiger partial charge in [0.1, 0.15) is 9.90 Å². The van der Waals surface area contributed by atoms with E-state index in [-0.39, 0.29) is 16.0 Å². The van der Waals surface area contributed by atoms with Gasteiger partial charge in [0.25, 0.3) is 0 Å². The van der Waals surface area contributed by atoms with Crippen molar-refractivity contribution in [1.29, 1.82) is 0 Å². The Labute approximate surface area is 131 Å². The molecule has 1 unspecified atom stereocenters. The van der Waals surface area contributed by atoms with E-state index in [4.69, 9.17) is 5.73 Å². The number of nitrogens with two attached hydrogens (primary N) is 1. The molecule has 1 aromatic heterocycles. The zero-order valence-electron chi connectivity index (χ0n) is 12.8. The Balaban J connectivity index is 2.19. The van der Waals surface area contributed by atoms with E-state index < -0.39 is 9.84 Å². The second-order valence-electron chi connectivity index (χ2n) is 5.74. The molecule has 0 amide bonds. The molecule has 1 saturated carbocycles. The molecule has 1 aliphatic rings. The second kappa shape index (κ2) is 6.96. The Bertz CT molecular complexity index is 565. The highest BCUT2D eigenvalue weighted by atomic mass is 32.2. The van der Waals surface area contributed by atoms with E-state index in [1.54, 1.807) is 0 Å². The summed E-state index contributed by atoms with van der Waals surface area (Å²) >= 11 is 1.17. The molecule has 1 heterocycles. The SMILES string of the molecule is CCCCC(CCC)Nc1snc(N)c1S(=O)(=O)C1CC1. The number of hydrogen-bond acceptors (Lipinski definition) is 6. The van der Waals surface area contributed by atoms with Crippen LogP contribution < -0.4 is 11.1 Å². The van der Waals surface area contributed by atoms with Crippen molar-refractivity contribution in [2.45, 2.75) is 75.0 Å². The third kappa shape index (κ3) is 3.88. The summed E-state index contributed by atoms with van der Waals surface area (Å²) in [5, 5.41) is 3.77. The lowest BCUT2D eigenvalue weighted by Crippen LogP contribution is -2.20. The van der Waals surface area contributed by atoms with Crippen molar-refractivity contribution >= 4 is 32.2 Å². The van der Waals surface area contributed by atoms with E-state index in [0.717, 1.165) is 44.9 Å². The van der Waals surface area contributed by atoms with Crippen LogP contribution >= 0.6 is 11.5 Å². The van der Waals surface area contributed by atoms with E-state index in [1.165, 1.54) is 11.5 Å². The molecule has 0 spiro atoms. The molecule has 0 aliphatic heterocycles. The van der Waals surface area contributed by atoms with Gasteiger partial charge >= 0.3 is 0 Å². The number of anilines is 2. The third-order valence-electron chi connectivity index (χ3n) is 3.80. The normalized spacial score (nSPS) is 16.9. The van der Waals surface area contributed by atoms with Crippen molar-refractivity contribution in [3.8, 4) is 0 Å². The van der Waals surface area contributed by atoms with Crippen molar-refractivity contribution in [1.82, 2.24) is 4.37 Å². The first kappa shape index (κ1) is 16.5. The van der Waals surface area contributed by atoms with Gasteiger partial charge in [0, 0.05) is 6.04 Å². The summed E-state index contributed by atoms with van der Waals surface area (Å²) in [6.07, 6.45) is 6.90. The third-order valence-corrected chi connectivity index (χ3v) is 7.05.